The zero-order chi connectivity index (χ0) is 9.68. The van der Waals surface area contributed by atoms with Crippen LogP contribution in [0.15, 0.2) is 0 Å². The van der Waals surface area contributed by atoms with E-state index < -0.39 is 6.17 Å². The highest BCUT2D eigenvalue weighted by atomic mass is 19.1. The largest absolute Gasteiger partial charge is 0.300 e. The molecule has 1 unspecified atom stereocenters. The van der Waals surface area contributed by atoms with Crippen LogP contribution >= 0.6 is 0 Å². The molecule has 0 spiro atoms. The van der Waals surface area contributed by atoms with Gasteiger partial charge >= 0.3 is 0 Å². The van der Waals surface area contributed by atoms with E-state index >= 15 is 0 Å². The van der Waals surface area contributed by atoms with Crippen molar-refractivity contribution in [2.45, 2.75) is 45.7 Å². The van der Waals surface area contributed by atoms with Gasteiger partial charge in [0.2, 0.25) is 0 Å². The summed E-state index contributed by atoms with van der Waals surface area (Å²) < 4.78 is 13.0. The Labute approximate surface area is 81.3 Å². The Morgan fingerprint density at radius 3 is 2.85 bits per heavy atom. The number of rotatable bonds is 4. The zero-order valence-electron chi connectivity index (χ0n) is 8.93. The second-order valence-electron chi connectivity index (χ2n) is 4.58. The molecule has 0 bridgehead atoms. The number of hydrogen-bond donors (Lipinski definition) is 0. The van der Waals surface area contributed by atoms with Crippen LogP contribution in [-0.4, -0.2) is 30.7 Å². The Hall–Kier alpha value is -0.110. The quantitative estimate of drug-likeness (QED) is 0.654. The van der Waals surface area contributed by atoms with Crippen molar-refractivity contribution in [3.8, 4) is 0 Å². The Kier molecular flexibility index (Phi) is 4.71. The van der Waals surface area contributed by atoms with Crippen molar-refractivity contribution in [1.82, 2.24) is 4.90 Å². The average molecular weight is 187 g/mol. The fourth-order valence-corrected chi connectivity index (χ4v) is 1.93. The molecule has 0 radical (unpaired) electrons. The zero-order valence-corrected chi connectivity index (χ0v) is 8.93. The van der Waals surface area contributed by atoms with Gasteiger partial charge in [-0.25, -0.2) is 4.39 Å². The number of piperidine rings is 1. The Bertz CT molecular complexity index is 136. The van der Waals surface area contributed by atoms with Crippen molar-refractivity contribution < 1.29 is 4.39 Å². The molecule has 0 amide bonds. The van der Waals surface area contributed by atoms with Crippen molar-refractivity contribution in [3.63, 3.8) is 0 Å². The summed E-state index contributed by atoms with van der Waals surface area (Å²) in [4.78, 5) is 2.27. The first-order chi connectivity index (χ1) is 6.18. The monoisotopic (exact) mass is 187 g/mol. The number of nitrogens with zero attached hydrogens (tertiary/aromatic N) is 1. The Balaban J connectivity index is 2.06. The molecule has 13 heavy (non-hydrogen) atoms. The van der Waals surface area contributed by atoms with Crippen LogP contribution in [0.3, 0.4) is 0 Å². The van der Waals surface area contributed by atoms with Crippen LogP contribution in [0, 0.1) is 5.92 Å². The fourth-order valence-electron chi connectivity index (χ4n) is 1.93. The number of halogens is 1. The van der Waals surface area contributed by atoms with Crippen LogP contribution in [0.1, 0.15) is 39.5 Å². The van der Waals surface area contributed by atoms with Gasteiger partial charge in [-0.3, -0.25) is 0 Å². The molecule has 0 aromatic carbocycles. The van der Waals surface area contributed by atoms with Crippen molar-refractivity contribution in [1.29, 1.82) is 0 Å². The summed E-state index contributed by atoms with van der Waals surface area (Å²) in [5.41, 5.74) is 0. The first-order valence-corrected chi connectivity index (χ1v) is 5.55. The summed E-state index contributed by atoms with van der Waals surface area (Å²) in [7, 11) is 0. The smallest absolute Gasteiger partial charge is 0.113 e. The maximum Gasteiger partial charge on any atom is 0.113 e. The van der Waals surface area contributed by atoms with Gasteiger partial charge in [-0.2, -0.15) is 0 Å². The van der Waals surface area contributed by atoms with E-state index in [-0.39, 0.29) is 0 Å². The highest BCUT2D eigenvalue weighted by Gasteiger charge is 2.18. The van der Waals surface area contributed by atoms with Crippen LogP contribution in [0.25, 0.3) is 0 Å². The van der Waals surface area contributed by atoms with Crippen molar-refractivity contribution in [3.05, 3.63) is 0 Å². The van der Waals surface area contributed by atoms with Crippen molar-refractivity contribution in [2.75, 3.05) is 19.6 Å². The molecule has 78 valence electrons. The molecular weight excluding hydrogens is 165 g/mol. The molecular formula is C11H22FN. The van der Waals surface area contributed by atoms with Crippen LogP contribution in [0.4, 0.5) is 4.39 Å². The third-order valence-corrected chi connectivity index (χ3v) is 2.70. The average Bonchev–Trinajstić information content (AvgIpc) is 2.03. The lowest BCUT2D eigenvalue weighted by atomic mass is 10.1. The minimum absolute atomic E-state index is 0.562. The third-order valence-electron chi connectivity index (χ3n) is 2.70. The first-order valence-electron chi connectivity index (χ1n) is 5.55. The molecule has 0 saturated carbocycles. The van der Waals surface area contributed by atoms with Gasteiger partial charge in [-0.1, -0.05) is 13.8 Å². The molecule has 0 aliphatic carbocycles. The lowest BCUT2D eigenvalue weighted by Gasteiger charge is -2.28. The van der Waals surface area contributed by atoms with E-state index in [0.29, 0.717) is 6.54 Å². The summed E-state index contributed by atoms with van der Waals surface area (Å²) >= 11 is 0. The van der Waals surface area contributed by atoms with Gasteiger partial charge in [0.05, 0.1) is 0 Å². The lowest BCUT2D eigenvalue weighted by molar-refractivity contribution is 0.136. The maximum atomic E-state index is 13.0. The van der Waals surface area contributed by atoms with Gasteiger partial charge in [0.15, 0.2) is 0 Å². The summed E-state index contributed by atoms with van der Waals surface area (Å²) in [5.74, 6) is 0.783. The Morgan fingerprint density at radius 2 is 2.23 bits per heavy atom. The molecule has 1 nitrogen and oxygen atoms in total. The van der Waals surface area contributed by atoms with E-state index in [1.807, 2.05) is 0 Å². The van der Waals surface area contributed by atoms with Crippen molar-refractivity contribution >= 4 is 0 Å². The van der Waals surface area contributed by atoms with Gasteiger partial charge in [0, 0.05) is 6.54 Å². The normalized spacial score (nSPS) is 25.4. The molecule has 1 heterocycles. The molecule has 1 aliphatic rings. The summed E-state index contributed by atoms with van der Waals surface area (Å²) in [5, 5.41) is 0. The number of likely N-dealkylation sites (tertiary alicyclic amines) is 1. The standard InChI is InChI=1S/C11H22FN/c1-10(2)5-3-7-13-8-4-6-11(12)9-13/h10-11H,3-9H2,1-2H3. The van der Waals surface area contributed by atoms with E-state index in [9.17, 15) is 4.39 Å². The molecule has 1 aliphatic heterocycles. The van der Waals surface area contributed by atoms with Gasteiger partial charge in [0.25, 0.3) is 0 Å². The van der Waals surface area contributed by atoms with E-state index in [1.165, 1.54) is 12.8 Å². The van der Waals surface area contributed by atoms with E-state index in [0.717, 1.165) is 31.8 Å². The molecule has 2 heteroatoms. The molecule has 1 atom stereocenters. The lowest BCUT2D eigenvalue weighted by Crippen LogP contribution is -2.37. The third kappa shape index (κ3) is 4.61. The van der Waals surface area contributed by atoms with Crippen molar-refractivity contribution in [2.24, 2.45) is 5.92 Å². The van der Waals surface area contributed by atoms with Gasteiger partial charge < -0.3 is 4.90 Å². The molecule has 1 fully saturated rings. The van der Waals surface area contributed by atoms with Gasteiger partial charge in [-0.05, 0) is 44.7 Å². The van der Waals surface area contributed by atoms with Gasteiger partial charge in [0.1, 0.15) is 6.17 Å². The highest BCUT2D eigenvalue weighted by molar-refractivity contribution is 4.71. The van der Waals surface area contributed by atoms with E-state index in [1.54, 1.807) is 0 Å². The predicted octanol–water partition coefficient (Wildman–Crippen LogP) is 2.86. The molecule has 0 aromatic rings. The summed E-state index contributed by atoms with van der Waals surface area (Å²) in [6.45, 7) is 7.37. The summed E-state index contributed by atoms with van der Waals surface area (Å²) in [6.07, 6.45) is 3.76. The number of hydrogen-bond acceptors (Lipinski definition) is 1. The van der Waals surface area contributed by atoms with Crippen LogP contribution < -0.4 is 0 Å². The second kappa shape index (κ2) is 5.58. The van der Waals surface area contributed by atoms with Crippen LogP contribution in [0.5, 0.6) is 0 Å². The highest BCUT2D eigenvalue weighted by Crippen LogP contribution is 2.14. The minimum atomic E-state index is -0.562. The van der Waals surface area contributed by atoms with Gasteiger partial charge in [-0.15, -0.1) is 0 Å². The molecule has 1 saturated heterocycles. The van der Waals surface area contributed by atoms with E-state index in [2.05, 4.69) is 18.7 Å². The maximum absolute atomic E-state index is 13.0. The first kappa shape index (κ1) is 11.0. The fraction of sp³-hybridized carbons (Fsp3) is 1.00. The predicted molar refractivity (Wildman–Crippen MR) is 54.6 cm³/mol. The molecule has 0 N–H and O–H groups in total. The van der Waals surface area contributed by atoms with Crippen LogP contribution in [-0.2, 0) is 0 Å². The minimum Gasteiger partial charge on any atom is -0.300 e. The van der Waals surface area contributed by atoms with Crippen LogP contribution in [0.2, 0.25) is 0 Å². The number of alkyl halides is 1. The molecule has 0 aromatic heterocycles. The molecule has 1 rings (SSSR count). The summed E-state index contributed by atoms with van der Waals surface area (Å²) in [6, 6.07) is 0. The Morgan fingerprint density at radius 1 is 1.46 bits per heavy atom. The second-order valence-corrected chi connectivity index (χ2v) is 4.58. The SMILES string of the molecule is CC(C)CCCN1CCCC(F)C1. The topological polar surface area (TPSA) is 3.24 Å². The van der Waals surface area contributed by atoms with E-state index in [4.69, 9.17) is 0 Å².